The summed E-state index contributed by atoms with van der Waals surface area (Å²) in [6.45, 7) is 4.74. The smallest absolute Gasteiger partial charge is 0.226 e. The Bertz CT molecular complexity index is 644. The molecule has 1 aromatic heterocycles. The van der Waals surface area contributed by atoms with Crippen molar-refractivity contribution in [2.45, 2.75) is 19.3 Å². The lowest BCUT2D eigenvalue weighted by atomic mass is 10.2. The predicted octanol–water partition coefficient (Wildman–Crippen LogP) is 3.18. The van der Waals surface area contributed by atoms with Crippen LogP contribution in [-0.4, -0.2) is 47.9 Å². The van der Waals surface area contributed by atoms with Gasteiger partial charge in [0.15, 0.2) is 0 Å². The predicted molar refractivity (Wildman–Crippen MR) is 84.9 cm³/mol. The fraction of sp³-hybridized carbons (Fsp3) is 0.500. The standard InChI is InChI=1S/C16H19ClFN3O2/c17-13-11-12(4-5-14(13)18)16-19-15(23-20-16)3-1-2-6-21-7-9-22-10-8-21/h4-5,11H,1-3,6-10H2. The lowest BCUT2D eigenvalue weighted by Gasteiger charge is -2.26. The molecule has 1 fully saturated rings. The van der Waals surface area contributed by atoms with Gasteiger partial charge in [-0.05, 0) is 37.6 Å². The van der Waals surface area contributed by atoms with E-state index in [1.807, 2.05) is 0 Å². The number of unbranched alkanes of at least 4 members (excludes halogenated alkanes) is 1. The van der Waals surface area contributed by atoms with Crippen molar-refractivity contribution >= 4 is 11.6 Å². The highest BCUT2D eigenvalue weighted by molar-refractivity contribution is 6.31. The van der Waals surface area contributed by atoms with Gasteiger partial charge < -0.3 is 9.26 Å². The van der Waals surface area contributed by atoms with Gasteiger partial charge in [0.1, 0.15) is 5.82 Å². The van der Waals surface area contributed by atoms with Gasteiger partial charge in [-0.3, -0.25) is 4.90 Å². The van der Waals surface area contributed by atoms with Crippen LogP contribution in [-0.2, 0) is 11.2 Å². The van der Waals surface area contributed by atoms with Gasteiger partial charge >= 0.3 is 0 Å². The topological polar surface area (TPSA) is 51.4 Å². The zero-order valence-electron chi connectivity index (χ0n) is 12.8. The van der Waals surface area contributed by atoms with Crippen LogP contribution in [0.4, 0.5) is 4.39 Å². The van der Waals surface area contributed by atoms with Gasteiger partial charge in [0.25, 0.3) is 0 Å². The maximum absolute atomic E-state index is 13.2. The maximum Gasteiger partial charge on any atom is 0.226 e. The number of morpholine rings is 1. The zero-order chi connectivity index (χ0) is 16.1. The molecule has 0 amide bonds. The number of hydrogen-bond donors (Lipinski definition) is 0. The van der Waals surface area contributed by atoms with Gasteiger partial charge in [-0.2, -0.15) is 4.98 Å². The Labute approximate surface area is 139 Å². The minimum Gasteiger partial charge on any atom is -0.379 e. The van der Waals surface area contributed by atoms with Gasteiger partial charge in [-0.1, -0.05) is 16.8 Å². The number of aromatic nitrogens is 2. The SMILES string of the molecule is Fc1ccc(-c2noc(CCCCN3CCOCC3)n2)cc1Cl. The average molecular weight is 340 g/mol. The van der Waals surface area contributed by atoms with E-state index >= 15 is 0 Å². The average Bonchev–Trinajstić information content (AvgIpc) is 3.04. The molecule has 5 nitrogen and oxygen atoms in total. The third-order valence-electron chi connectivity index (χ3n) is 3.86. The third kappa shape index (κ3) is 4.50. The first kappa shape index (κ1) is 16.4. The van der Waals surface area contributed by atoms with Crippen molar-refractivity contribution < 1.29 is 13.7 Å². The van der Waals surface area contributed by atoms with Crippen LogP contribution in [0.5, 0.6) is 0 Å². The van der Waals surface area contributed by atoms with E-state index in [1.165, 1.54) is 12.1 Å². The summed E-state index contributed by atoms with van der Waals surface area (Å²) in [7, 11) is 0. The zero-order valence-corrected chi connectivity index (χ0v) is 13.6. The van der Waals surface area contributed by atoms with Crippen LogP contribution in [0, 0.1) is 5.82 Å². The van der Waals surface area contributed by atoms with E-state index < -0.39 is 5.82 Å². The molecule has 7 heteroatoms. The summed E-state index contributed by atoms with van der Waals surface area (Å²) in [4.78, 5) is 6.75. The van der Waals surface area contributed by atoms with Gasteiger partial charge in [0.2, 0.25) is 11.7 Å². The Kier molecular flexibility index (Phi) is 5.59. The summed E-state index contributed by atoms with van der Waals surface area (Å²) in [5.74, 6) is 0.583. The third-order valence-corrected chi connectivity index (χ3v) is 4.15. The second kappa shape index (κ2) is 7.86. The van der Waals surface area contributed by atoms with E-state index in [9.17, 15) is 4.39 Å². The number of rotatable bonds is 6. The summed E-state index contributed by atoms with van der Waals surface area (Å²) < 4.78 is 23.7. The van der Waals surface area contributed by atoms with E-state index in [0.717, 1.165) is 52.1 Å². The van der Waals surface area contributed by atoms with Gasteiger partial charge in [-0.25, -0.2) is 4.39 Å². The first-order chi connectivity index (χ1) is 11.2. The number of benzene rings is 1. The Morgan fingerprint density at radius 1 is 1.22 bits per heavy atom. The Hall–Kier alpha value is -1.50. The fourth-order valence-corrected chi connectivity index (χ4v) is 2.73. The molecular weight excluding hydrogens is 321 g/mol. The van der Waals surface area contributed by atoms with E-state index in [4.69, 9.17) is 20.9 Å². The van der Waals surface area contributed by atoms with Crippen molar-refractivity contribution in [1.29, 1.82) is 0 Å². The normalized spacial score (nSPS) is 15.9. The van der Waals surface area contributed by atoms with E-state index in [1.54, 1.807) is 6.07 Å². The van der Waals surface area contributed by atoms with E-state index in [-0.39, 0.29) is 5.02 Å². The van der Waals surface area contributed by atoms with Crippen LogP contribution in [0.3, 0.4) is 0 Å². The molecule has 23 heavy (non-hydrogen) atoms. The highest BCUT2D eigenvalue weighted by Crippen LogP contribution is 2.23. The molecule has 1 aliphatic rings. The summed E-state index contributed by atoms with van der Waals surface area (Å²) in [6, 6.07) is 4.40. The molecule has 0 aliphatic carbocycles. The number of ether oxygens (including phenoxy) is 1. The van der Waals surface area contributed by atoms with Crippen molar-refractivity contribution in [2.75, 3.05) is 32.8 Å². The van der Waals surface area contributed by atoms with Crippen molar-refractivity contribution in [2.24, 2.45) is 0 Å². The van der Waals surface area contributed by atoms with Crippen LogP contribution in [0.15, 0.2) is 22.7 Å². The molecule has 1 aliphatic heterocycles. The minimum atomic E-state index is -0.456. The van der Waals surface area contributed by atoms with Gasteiger partial charge in [-0.15, -0.1) is 0 Å². The molecule has 124 valence electrons. The van der Waals surface area contributed by atoms with E-state index in [2.05, 4.69) is 15.0 Å². The summed E-state index contributed by atoms with van der Waals surface area (Å²) >= 11 is 5.77. The van der Waals surface area contributed by atoms with Crippen LogP contribution in [0.2, 0.25) is 5.02 Å². The van der Waals surface area contributed by atoms with Crippen molar-refractivity contribution in [3.05, 3.63) is 34.9 Å². The molecule has 0 saturated carbocycles. The Morgan fingerprint density at radius 2 is 2.04 bits per heavy atom. The largest absolute Gasteiger partial charge is 0.379 e. The lowest BCUT2D eigenvalue weighted by molar-refractivity contribution is 0.0371. The molecule has 0 N–H and O–H groups in total. The fourth-order valence-electron chi connectivity index (χ4n) is 2.55. The molecule has 0 unspecified atom stereocenters. The monoisotopic (exact) mass is 339 g/mol. The minimum absolute atomic E-state index is 0.0550. The molecule has 1 saturated heterocycles. The van der Waals surface area contributed by atoms with Crippen LogP contribution in [0.25, 0.3) is 11.4 Å². The molecule has 1 aromatic carbocycles. The quantitative estimate of drug-likeness (QED) is 0.756. The van der Waals surface area contributed by atoms with Crippen molar-refractivity contribution in [3.63, 3.8) is 0 Å². The highest BCUT2D eigenvalue weighted by atomic mass is 35.5. The number of aryl methyl sites for hydroxylation is 1. The summed E-state index contributed by atoms with van der Waals surface area (Å²) in [6.07, 6.45) is 2.82. The second-order valence-corrected chi connectivity index (χ2v) is 5.96. The highest BCUT2D eigenvalue weighted by Gasteiger charge is 2.12. The van der Waals surface area contributed by atoms with Crippen LogP contribution < -0.4 is 0 Å². The van der Waals surface area contributed by atoms with Crippen LogP contribution in [0.1, 0.15) is 18.7 Å². The molecule has 0 radical (unpaired) electrons. The number of hydrogen-bond acceptors (Lipinski definition) is 5. The van der Waals surface area contributed by atoms with Gasteiger partial charge in [0, 0.05) is 25.1 Å². The molecule has 0 spiro atoms. The van der Waals surface area contributed by atoms with E-state index in [0.29, 0.717) is 17.3 Å². The lowest BCUT2D eigenvalue weighted by Crippen LogP contribution is -2.36. The Balaban J connectivity index is 1.48. The second-order valence-electron chi connectivity index (χ2n) is 5.55. The molecular formula is C16H19ClFN3O2. The first-order valence-electron chi connectivity index (χ1n) is 7.80. The molecule has 2 heterocycles. The van der Waals surface area contributed by atoms with Crippen molar-refractivity contribution in [1.82, 2.24) is 15.0 Å². The first-order valence-corrected chi connectivity index (χ1v) is 8.18. The van der Waals surface area contributed by atoms with Gasteiger partial charge in [0.05, 0.1) is 18.2 Å². The van der Waals surface area contributed by atoms with Crippen molar-refractivity contribution in [3.8, 4) is 11.4 Å². The molecule has 0 bridgehead atoms. The summed E-state index contributed by atoms with van der Waals surface area (Å²) in [5, 5.41) is 3.99. The Morgan fingerprint density at radius 3 is 2.83 bits per heavy atom. The molecule has 0 atom stereocenters. The molecule has 3 rings (SSSR count). The molecule has 2 aromatic rings. The van der Waals surface area contributed by atoms with Crippen LogP contribution >= 0.6 is 11.6 Å². The summed E-state index contributed by atoms with van der Waals surface area (Å²) in [5.41, 5.74) is 0.653. The number of nitrogens with zero attached hydrogens (tertiary/aromatic N) is 3. The maximum atomic E-state index is 13.2. The number of halogens is 2.